The van der Waals surface area contributed by atoms with Crippen LogP contribution < -0.4 is 5.73 Å². The van der Waals surface area contributed by atoms with E-state index in [-0.39, 0.29) is 18.1 Å². The first-order valence-electron chi connectivity index (χ1n) is 6.32. The highest BCUT2D eigenvalue weighted by atomic mass is 79.9. The lowest BCUT2D eigenvalue weighted by Gasteiger charge is -2.22. The van der Waals surface area contributed by atoms with Gasteiger partial charge in [0.05, 0.1) is 12.1 Å². The van der Waals surface area contributed by atoms with Gasteiger partial charge in [-0.3, -0.25) is 9.69 Å². The number of hydrogen-bond donors (Lipinski definition) is 1. The van der Waals surface area contributed by atoms with Gasteiger partial charge < -0.3 is 10.5 Å². The molecule has 2 rings (SSSR count). The van der Waals surface area contributed by atoms with E-state index in [9.17, 15) is 4.79 Å². The van der Waals surface area contributed by atoms with Crippen LogP contribution in [0.3, 0.4) is 0 Å². The van der Waals surface area contributed by atoms with Crippen LogP contribution >= 0.6 is 15.9 Å². The molecule has 1 heterocycles. The van der Waals surface area contributed by atoms with Crippen LogP contribution in [0.4, 0.5) is 0 Å². The minimum absolute atomic E-state index is 0.0849. The van der Waals surface area contributed by atoms with Gasteiger partial charge >= 0.3 is 0 Å². The number of halogens is 1. The number of methoxy groups -OCH3 is 1. The Labute approximate surface area is 122 Å². The van der Waals surface area contributed by atoms with Gasteiger partial charge in [-0.05, 0) is 30.5 Å². The fourth-order valence-corrected chi connectivity index (χ4v) is 3.12. The number of nitrogens with zero attached hydrogens (tertiary/aromatic N) is 1. The molecule has 1 aliphatic rings. The molecule has 2 atom stereocenters. The number of amides is 1. The van der Waals surface area contributed by atoms with E-state index >= 15 is 0 Å². The van der Waals surface area contributed by atoms with E-state index in [1.807, 2.05) is 0 Å². The first-order valence-corrected chi connectivity index (χ1v) is 7.11. The number of rotatable bonds is 4. The number of ether oxygens (including phenoxy) is 1. The van der Waals surface area contributed by atoms with Gasteiger partial charge in [0.25, 0.3) is 0 Å². The summed E-state index contributed by atoms with van der Waals surface area (Å²) < 4.78 is 6.41. The van der Waals surface area contributed by atoms with Gasteiger partial charge in [-0.15, -0.1) is 0 Å². The van der Waals surface area contributed by atoms with E-state index in [0.29, 0.717) is 13.0 Å². The van der Waals surface area contributed by atoms with Crippen LogP contribution in [0.25, 0.3) is 0 Å². The van der Waals surface area contributed by atoms with Crippen molar-refractivity contribution in [2.75, 3.05) is 13.7 Å². The van der Waals surface area contributed by atoms with E-state index in [4.69, 9.17) is 10.5 Å². The molecule has 2 N–H and O–H groups in total. The minimum Gasteiger partial charge on any atom is -0.380 e. The third-order valence-electron chi connectivity index (χ3n) is 3.61. The zero-order valence-electron chi connectivity index (χ0n) is 11.2. The molecular weight excluding hydrogens is 308 g/mol. The topological polar surface area (TPSA) is 55.6 Å². The molecule has 1 aliphatic heterocycles. The van der Waals surface area contributed by atoms with Gasteiger partial charge in [0.2, 0.25) is 5.91 Å². The number of likely N-dealkylation sites (tertiary alicyclic amines) is 1. The van der Waals surface area contributed by atoms with Crippen LogP contribution in [0.5, 0.6) is 0 Å². The summed E-state index contributed by atoms with van der Waals surface area (Å²) in [6.07, 6.45) is 0.761. The van der Waals surface area contributed by atoms with Gasteiger partial charge in [-0.1, -0.05) is 28.1 Å². The molecule has 0 spiro atoms. The van der Waals surface area contributed by atoms with E-state index in [2.05, 4.69) is 46.0 Å². The lowest BCUT2D eigenvalue weighted by Crippen LogP contribution is -2.39. The number of hydrogen-bond acceptors (Lipinski definition) is 3. The summed E-state index contributed by atoms with van der Waals surface area (Å²) in [5.74, 6) is -0.275. The van der Waals surface area contributed by atoms with Crippen molar-refractivity contribution >= 4 is 21.8 Å². The third kappa shape index (κ3) is 3.35. The molecule has 0 aromatic heterocycles. The second-order valence-corrected chi connectivity index (χ2v) is 5.89. The summed E-state index contributed by atoms with van der Waals surface area (Å²) in [6.45, 7) is 3.50. The normalized spacial score (nSPS) is 23.7. The quantitative estimate of drug-likeness (QED) is 0.918. The highest BCUT2D eigenvalue weighted by Crippen LogP contribution is 2.26. The summed E-state index contributed by atoms with van der Waals surface area (Å²) >= 11 is 3.57. The van der Waals surface area contributed by atoms with Crippen molar-refractivity contribution < 1.29 is 9.53 Å². The van der Waals surface area contributed by atoms with Crippen LogP contribution in [0.2, 0.25) is 0 Å². The van der Waals surface area contributed by atoms with Crippen molar-refractivity contribution in [3.63, 3.8) is 0 Å². The number of carbonyl (C=O) groups is 1. The van der Waals surface area contributed by atoms with Crippen LogP contribution in [0.1, 0.15) is 17.5 Å². The Kier molecular flexibility index (Phi) is 4.60. The van der Waals surface area contributed by atoms with Crippen molar-refractivity contribution in [1.29, 1.82) is 0 Å². The maximum Gasteiger partial charge on any atom is 0.234 e. The van der Waals surface area contributed by atoms with Gasteiger partial charge in [0.15, 0.2) is 0 Å². The summed E-state index contributed by atoms with van der Waals surface area (Å²) in [6, 6.07) is 6.00. The van der Waals surface area contributed by atoms with Gasteiger partial charge in [-0.25, -0.2) is 0 Å². The minimum atomic E-state index is -0.275. The average molecular weight is 327 g/mol. The molecule has 5 heteroatoms. The first-order chi connectivity index (χ1) is 9.01. The fraction of sp³-hybridized carbons (Fsp3) is 0.500. The van der Waals surface area contributed by atoms with Crippen molar-refractivity contribution in [3.8, 4) is 0 Å². The second-order valence-electron chi connectivity index (χ2n) is 5.04. The third-order valence-corrected chi connectivity index (χ3v) is 4.35. The summed E-state index contributed by atoms with van der Waals surface area (Å²) in [5, 5.41) is 0. The lowest BCUT2D eigenvalue weighted by molar-refractivity contribution is -0.122. The van der Waals surface area contributed by atoms with Gasteiger partial charge in [0, 0.05) is 24.7 Å². The van der Waals surface area contributed by atoms with E-state index in [1.165, 1.54) is 5.56 Å². The number of primary amides is 1. The Bertz CT molecular complexity index is 479. The largest absolute Gasteiger partial charge is 0.380 e. The zero-order chi connectivity index (χ0) is 14.0. The zero-order valence-corrected chi connectivity index (χ0v) is 12.8. The number of carbonyl (C=O) groups excluding carboxylic acids is 1. The van der Waals surface area contributed by atoms with Crippen molar-refractivity contribution in [3.05, 3.63) is 33.8 Å². The van der Waals surface area contributed by atoms with Crippen LogP contribution in [-0.4, -0.2) is 36.6 Å². The van der Waals surface area contributed by atoms with E-state index < -0.39 is 0 Å². The monoisotopic (exact) mass is 326 g/mol. The van der Waals surface area contributed by atoms with Crippen LogP contribution in [0, 0.1) is 6.92 Å². The van der Waals surface area contributed by atoms with Crippen molar-refractivity contribution in [2.45, 2.75) is 32.0 Å². The van der Waals surface area contributed by atoms with Gasteiger partial charge in [0.1, 0.15) is 0 Å². The fourth-order valence-electron chi connectivity index (χ4n) is 2.50. The molecule has 1 saturated heterocycles. The number of benzene rings is 1. The smallest absolute Gasteiger partial charge is 0.234 e. The molecule has 1 aromatic carbocycles. The molecule has 4 nitrogen and oxygen atoms in total. The average Bonchev–Trinajstić information content (AvgIpc) is 2.76. The Balaban J connectivity index is 2.14. The molecule has 19 heavy (non-hydrogen) atoms. The Morgan fingerprint density at radius 3 is 2.89 bits per heavy atom. The predicted octanol–water partition coefficient (Wildman–Crippen LogP) is 1.83. The van der Waals surface area contributed by atoms with Crippen LogP contribution in [0.15, 0.2) is 22.7 Å². The molecule has 104 valence electrons. The first kappa shape index (κ1) is 14.5. The van der Waals surface area contributed by atoms with E-state index in [0.717, 1.165) is 16.6 Å². The predicted molar refractivity (Wildman–Crippen MR) is 77.7 cm³/mol. The maximum absolute atomic E-state index is 11.5. The maximum atomic E-state index is 11.5. The van der Waals surface area contributed by atoms with E-state index in [1.54, 1.807) is 7.11 Å². The molecule has 0 bridgehead atoms. The molecule has 0 unspecified atom stereocenters. The standard InChI is InChI=1S/C14H19BrN2O2/c1-9-3-4-10(12(15)5-9)7-17-8-11(19-2)6-13(17)14(16)18/h3-5,11,13H,6-8H2,1-2H3,(H2,16,18)/t11-,13-/m0/s1. The molecule has 0 saturated carbocycles. The Hall–Kier alpha value is -0.910. The molecular formula is C14H19BrN2O2. The van der Waals surface area contributed by atoms with Crippen molar-refractivity contribution in [2.24, 2.45) is 5.73 Å². The number of aryl methyl sites for hydroxylation is 1. The Morgan fingerprint density at radius 1 is 1.58 bits per heavy atom. The second kappa shape index (κ2) is 6.03. The molecule has 1 aromatic rings. The Morgan fingerprint density at radius 2 is 2.32 bits per heavy atom. The molecule has 0 radical (unpaired) electrons. The highest BCUT2D eigenvalue weighted by molar-refractivity contribution is 9.10. The summed E-state index contributed by atoms with van der Waals surface area (Å²) in [5.41, 5.74) is 7.84. The van der Waals surface area contributed by atoms with Crippen molar-refractivity contribution in [1.82, 2.24) is 4.90 Å². The molecule has 1 amide bonds. The highest BCUT2D eigenvalue weighted by Gasteiger charge is 2.35. The summed E-state index contributed by atoms with van der Waals surface area (Å²) in [4.78, 5) is 13.6. The molecule has 0 aliphatic carbocycles. The van der Waals surface area contributed by atoms with Crippen LogP contribution in [-0.2, 0) is 16.1 Å². The summed E-state index contributed by atoms with van der Waals surface area (Å²) in [7, 11) is 1.67. The van der Waals surface area contributed by atoms with Gasteiger partial charge in [-0.2, -0.15) is 0 Å². The number of nitrogens with two attached hydrogens (primary N) is 1. The lowest BCUT2D eigenvalue weighted by atomic mass is 10.1. The SMILES string of the molecule is CO[C@H]1C[C@@H](C(N)=O)N(Cc2ccc(C)cc2Br)C1. The molecule has 1 fully saturated rings.